The second kappa shape index (κ2) is 6.55. The van der Waals surface area contributed by atoms with Crippen LogP contribution < -0.4 is 16.4 Å². The summed E-state index contributed by atoms with van der Waals surface area (Å²) in [7, 11) is 1.37. The molecule has 0 aliphatic rings. The molecule has 3 amide bonds. The van der Waals surface area contributed by atoms with Gasteiger partial charge < -0.3 is 15.8 Å². The number of imide groups is 1. The number of nitrogens with one attached hydrogen (secondary N) is 2. The topological polar surface area (TPSA) is 111 Å². The molecule has 4 N–H and O–H groups in total. The van der Waals surface area contributed by atoms with Crippen molar-refractivity contribution in [2.45, 2.75) is 20.0 Å². The fourth-order valence-corrected chi connectivity index (χ4v) is 1.41. The number of hydrogen-bond acceptors (Lipinski definition) is 5. The molecule has 0 spiro atoms. The Balaban J connectivity index is 2.72. The third-order valence-electron chi connectivity index (χ3n) is 2.60. The summed E-state index contributed by atoms with van der Waals surface area (Å²) in [5, 5.41) is 4.25. The fraction of sp³-hybridized carbons (Fsp3) is 0.308. The maximum absolute atomic E-state index is 11.9. The number of anilines is 1. The van der Waals surface area contributed by atoms with E-state index >= 15 is 0 Å². The second-order valence-corrected chi connectivity index (χ2v) is 4.19. The van der Waals surface area contributed by atoms with Gasteiger partial charge in [-0.3, -0.25) is 10.1 Å². The van der Waals surface area contributed by atoms with E-state index in [1.807, 2.05) is 5.32 Å². The molecule has 0 heterocycles. The van der Waals surface area contributed by atoms with Crippen molar-refractivity contribution in [2.75, 3.05) is 12.8 Å². The fourth-order valence-electron chi connectivity index (χ4n) is 1.41. The Morgan fingerprint density at radius 2 is 1.95 bits per heavy atom. The molecule has 0 saturated carbocycles. The maximum Gasteiger partial charge on any atom is 0.339 e. The third-order valence-corrected chi connectivity index (χ3v) is 2.60. The molecule has 1 atom stereocenters. The van der Waals surface area contributed by atoms with E-state index in [4.69, 9.17) is 10.5 Å². The summed E-state index contributed by atoms with van der Waals surface area (Å²) >= 11 is 0. The van der Waals surface area contributed by atoms with Gasteiger partial charge in [-0.25, -0.2) is 9.59 Å². The number of nitrogens with two attached hydrogens (primary N) is 1. The Labute approximate surface area is 116 Å². The summed E-state index contributed by atoms with van der Waals surface area (Å²) < 4.78 is 4.99. The van der Waals surface area contributed by atoms with Gasteiger partial charge in [0.05, 0.1) is 5.56 Å². The van der Waals surface area contributed by atoms with E-state index in [0.29, 0.717) is 11.3 Å². The molecule has 1 rings (SSSR count). The van der Waals surface area contributed by atoms with E-state index in [1.54, 1.807) is 19.1 Å². The van der Waals surface area contributed by atoms with Crippen molar-refractivity contribution in [1.82, 2.24) is 10.6 Å². The number of carbonyl (C=O) groups is 3. The van der Waals surface area contributed by atoms with Crippen molar-refractivity contribution in [2.24, 2.45) is 0 Å². The first-order valence-electron chi connectivity index (χ1n) is 5.94. The quantitative estimate of drug-likeness (QED) is 0.553. The molecule has 0 aromatic heterocycles. The van der Waals surface area contributed by atoms with Gasteiger partial charge in [0, 0.05) is 12.7 Å². The number of nitrogen functional groups attached to an aromatic ring is 1. The lowest BCUT2D eigenvalue weighted by Gasteiger charge is -2.13. The van der Waals surface area contributed by atoms with Crippen LogP contribution in [0.1, 0.15) is 22.8 Å². The van der Waals surface area contributed by atoms with Gasteiger partial charge in [0.15, 0.2) is 6.10 Å². The van der Waals surface area contributed by atoms with Crippen molar-refractivity contribution in [3.8, 4) is 0 Å². The zero-order valence-corrected chi connectivity index (χ0v) is 11.5. The van der Waals surface area contributed by atoms with E-state index in [0.717, 1.165) is 0 Å². The number of ether oxygens (including phenoxy) is 1. The summed E-state index contributed by atoms with van der Waals surface area (Å²) in [5.74, 6) is -1.38. The minimum absolute atomic E-state index is 0.282. The Morgan fingerprint density at radius 1 is 1.30 bits per heavy atom. The summed E-state index contributed by atoms with van der Waals surface area (Å²) in [6.07, 6.45) is -1.10. The standard InChI is InChI=1S/C13H17N3O4/c1-7-4-5-9(14)6-10(7)12(18)20-8(2)11(17)16-13(19)15-3/h4-6,8H,14H2,1-3H3,(H2,15,16,17,19). The lowest BCUT2D eigenvalue weighted by Crippen LogP contribution is -2.43. The average molecular weight is 279 g/mol. The molecule has 1 aromatic carbocycles. The molecular weight excluding hydrogens is 262 g/mol. The second-order valence-electron chi connectivity index (χ2n) is 4.19. The van der Waals surface area contributed by atoms with Gasteiger partial charge in [-0.15, -0.1) is 0 Å². The first kappa shape index (κ1) is 15.5. The predicted octanol–water partition coefficient (Wildman–Crippen LogP) is 0.578. The van der Waals surface area contributed by atoms with Gasteiger partial charge >= 0.3 is 12.0 Å². The number of hydrogen-bond donors (Lipinski definition) is 3. The van der Waals surface area contributed by atoms with E-state index in [1.165, 1.54) is 20.0 Å². The number of aryl methyl sites for hydroxylation is 1. The molecule has 7 heteroatoms. The molecule has 20 heavy (non-hydrogen) atoms. The SMILES string of the molecule is CNC(=O)NC(=O)C(C)OC(=O)c1cc(N)ccc1C. The molecule has 108 valence electrons. The van der Waals surface area contributed by atoms with E-state index in [9.17, 15) is 14.4 Å². The minimum atomic E-state index is -1.10. The molecule has 1 aromatic rings. The van der Waals surface area contributed by atoms with Crippen LogP contribution in [0, 0.1) is 6.92 Å². The first-order valence-corrected chi connectivity index (χ1v) is 5.94. The smallest absolute Gasteiger partial charge is 0.339 e. The van der Waals surface area contributed by atoms with Crippen molar-refractivity contribution in [3.63, 3.8) is 0 Å². The number of urea groups is 1. The summed E-state index contributed by atoms with van der Waals surface area (Å²) in [5.41, 5.74) is 6.99. The maximum atomic E-state index is 11.9. The molecule has 0 bridgehead atoms. The molecule has 0 aliphatic heterocycles. The van der Waals surface area contributed by atoms with Crippen LogP contribution in [0.15, 0.2) is 18.2 Å². The lowest BCUT2D eigenvalue weighted by atomic mass is 10.1. The summed E-state index contributed by atoms with van der Waals surface area (Å²) in [4.78, 5) is 34.5. The van der Waals surface area contributed by atoms with Crippen LogP contribution in [0.2, 0.25) is 0 Å². The molecule has 7 nitrogen and oxygen atoms in total. The van der Waals surface area contributed by atoms with Gasteiger partial charge in [0.1, 0.15) is 0 Å². The van der Waals surface area contributed by atoms with Gasteiger partial charge in [-0.2, -0.15) is 0 Å². The number of carbonyl (C=O) groups excluding carboxylic acids is 3. The van der Waals surface area contributed by atoms with Crippen LogP contribution >= 0.6 is 0 Å². The molecule has 0 fully saturated rings. The summed E-state index contributed by atoms with van der Waals surface area (Å²) in [6, 6.07) is 4.15. The van der Waals surface area contributed by atoms with E-state index in [2.05, 4.69) is 5.32 Å². The van der Waals surface area contributed by atoms with Gasteiger partial charge in [0.2, 0.25) is 0 Å². The Hall–Kier alpha value is -2.57. The first-order chi connectivity index (χ1) is 9.35. The molecule has 0 radical (unpaired) electrons. The predicted molar refractivity (Wildman–Crippen MR) is 73.1 cm³/mol. The van der Waals surface area contributed by atoms with Crippen LogP contribution in [-0.2, 0) is 9.53 Å². The number of rotatable bonds is 3. The molecule has 0 aliphatic carbocycles. The lowest BCUT2D eigenvalue weighted by molar-refractivity contribution is -0.127. The Morgan fingerprint density at radius 3 is 2.55 bits per heavy atom. The highest BCUT2D eigenvalue weighted by atomic mass is 16.5. The zero-order chi connectivity index (χ0) is 15.3. The highest BCUT2D eigenvalue weighted by Crippen LogP contribution is 2.14. The van der Waals surface area contributed by atoms with Gasteiger partial charge in [-0.05, 0) is 31.5 Å². The van der Waals surface area contributed by atoms with Crippen molar-refractivity contribution < 1.29 is 19.1 Å². The number of benzene rings is 1. The largest absolute Gasteiger partial charge is 0.449 e. The molecule has 1 unspecified atom stereocenters. The Kier molecular flexibility index (Phi) is 5.08. The van der Waals surface area contributed by atoms with Crippen LogP contribution in [0.5, 0.6) is 0 Å². The number of amides is 3. The van der Waals surface area contributed by atoms with Crippen molar-refractivity contribution in [1.29, 1.82) is 0 Å². The average Bonchev–Trinajstić information content (AvgIpc) is 2.40. The highest BCUT2D eigenvalue weighted by molar-refractivity contribution is 5.99. The van der Waals surface area contributed by atoms with Crippen LogP contribution in [0.3, 0.4) is 0 Å². The van der Waals surface area contributed by atoms with Gasteiger partial charge in [0.25, 0.3) is 5.91 Å². The summed E-state index contributed by atoms with van der Waals surface area (Å²) in [6.45, 7) is 3.10. The van der Waals surface area contributed by atoms with Crippen molar-refractivity contribution in [3.05, 3.63) is 29.3 Å². The third kappa shape index (κ3) is 3.98. The highest BCUT2D eigenvalue weighted by Gasteiger charge is 2.21. The van der Waals surface area contributed by atoms with E-state index < -0.39 is 24.0 Å². The zero-order valence-electron chi connectivity index (χ0n) is 11.5. The minimum Gasteiger partial charge on any atom is -0.449 e. The van der Waals surface area contributed by atoms with Crippen LogP contribution in [-0.4, -0.2) is 31.1 Å². The number of esters is 1. The molecular formula is C13H17N3O4. The Bertz CT molecular complexity index is 542. The van der Waals surface area contributed by atoms with Crippen LogP contribution in [0.4, 0.5) is 10.5 Å². The van der Waals surface area contributed by atoms with Crippen molar-refractivity contribution >= 4 is 23.6 Å². The van der Waals surface area contributed by atoms with Crippen LogP contribution in [0.25, 0.3) is 0 Å². The monoisotopic (exact) mass is 279 g/mol. The normalized spacial score (nSPS) is 11.3. The van der Waals surface area contributed by atoms with Gasteiger partial charge in [-0.1, -0.05) is 6.07 Å². The van der Waals surface area contributed by atoms with E-state index in [-0.39, 0.29) is 5.56 Å². The molecule has 0 saturated heterocycles.